The molecule has 1 heterocycles. The number of hydrogen-bond acceptors (Lipinski definition) is 5. The van der Waals surface area contributed by atoms with Crippen molar-refractivity contribution >= 4 is 23.8 Å². The van der Waals surface area contributed by atoms with Crippen molar-refractivity contribution < 1.29 is 13.9 Å². The molecule has 1 aliphatic rings. The quantitative estimate of drug-likeness (QED) is 0.550. The molecule has 30 heavy (non-hydrogen) atoms. The third-order valence-electron chi connectivity index (χ3n) is 5.27. The highest BCUT2D eigenvalue weighted by Crippen LogP contribution is 2.25. The zero-order valence-corrected chi connectivity index (χ0v) is 17.8. The number of ether oxygens (including phenoxy) is 1. The zero-order chi connectivity index (χ0) is 20.9. The number of nitrogens with one attached hydrogen (secondary N) is 1. The lowest BCUT2D eigenvalue weighted by molar-refractivity contribution is -0.117. The molecule has 7 heteroatoms. The maximum Gasteiger partial charge on any atom is 0.287 e. The molecule has 0 unspecified atom stereocenters. The van der Waals surface area contributed by atoms with Crippen molar-refractivity contribution in [3.8, 4) is 5.75 Å². The molecule has 156 valence electrons. The molecular formula is C23H25N3O3S. The van der Waals surface area contributed by atoms with E-state index in [4.69, 9.17) is 21.4 Å². The van der Waals surface area contributed by atoms with E-state index in [0.717, 1.165) is 30.7 Å². The Kier molecular flexibility index (Phi) is 6.28. The SMILES string of the molecule is CCc1ccc(NC(=O)Cn2nc(COc3ccc4c(c3)CCCC4)oc2=S)cc1. The molecule has 1 amide bonds. The van der Waals surface area contributed by atoms with Crippen LogP contribution in [0.4, 0.5) is 5.69 Å². The lowest BCUT2D eigenvalue weighted by Gasteiger charge is -2.16. The maximum absolute atomic E-state index is 12.3. The van der Waals surface area contributed by atoms with Crippen molar-refractivity contribution in [2.45, 2.75) is 52.2 Å². The highest BCUT2D eigenvalue weighted by atomic mass is 32.1. The van der Waals surface area contributed by atoms with Gasteiger partial charge in [0.2, 0.25) is 5.91 Å². The topological polar surface area (TPSA) is 69.3 Å². The van der Waals surface area contributed by atoms with Gasteiger partial charge in [-0.3, -0.25) is 4.79 Å². The number of hydrogen-bond donors (Lipinski definition) is 1. The predicted octanol–water partition coefficient (Wildman–Crippen LogP) is 4.86. The fraction of sp³-hybridized carbons (Fsp3) is 0.348. The molecule has 1 N–H and O–H groups in total. The summed E-state index contributed by atoms with van der Waals surface area (Å²) in [4.78, 5) is 12.5. The number of nitrogens with zero attached hydrogens (tertiary/aromatic N) is 2. The molecule has 2 aromatic carbocycles. The van der Waals surface area contributed by atoms with Crippen LogP contribution in [0.5, 0.6) is 5.75 Å². The van der Waals surface area contributed by atoms with Gasteiger partial charge in [0.15, 0.2) is 6.61 Å². The van der Waals surface area contributed by atoms with E-state index < -0.39 is 0 Å². The van der Waals surface area contributed by atoms with E-state index in [1.807, 2.05) is 30.3 Å². The first-order valence-electron chi connectivity index (χ1n) is 10.3. The van der Waals surface area contributed by atoms with Crippen molar-refractivity contribution in [2.24, 2.45) is 0 Å². The van der Waals surface area contributed by atoms with Crippen LogP contribution in [0.2, 0.25) is 0 Å². The first-order chi connectivity index (χ1) is 14.6. The molecule has 3 aromatic rings. The lowest BCUT2D eigenvalue weighted by Crippen LogP contribution is -2.19. The van der Waals surface area contributed by atoms with Gasteiger partial charge in [0, 0.05) is 5.69 Å². The molecule has 1 aliphatic carbocycles. The zero-order valence-electron chi connectivity index (χ0n) is 17.0. The fourth-order valence-electron chi connectivity index (χ4n) is 3.61. The molecule has 6 nitrogen and oxygen atoms in total. The van der Waals surface area contributed by atoms with Gasteiger partial charge in [-0.25, -0.2) is 4.68 Å². The number of rotatable bonds is 7. The Balaban J connectivity index is 1.34. The average Bonchev–Trinajstić information content (AvgIpc) is 3.11. The van der Waals surface area contributed by atoms with Gasteiger partial charge in [0.05, 0.1) is 0 Å². The van der Waals surface area contributed by atoms with Gasteiger partial charge in [-0.1, -0.05) is 25.1 Å². The summed E-state index contributed by atoms with van der Waals surface area (Å²) in [5.41, 5.74) is 4.72. The minimum Gasteiger partial charge on any atom is -0.484 e. The molecule has 0 aliphatic heterocycles. The van der Waals surface area contributed by atoms with Gasteiger partial charge in [-0.15, -0.1) is 5.10 Å². The number of carbonyl (C=O) groups excluding carboxylic acids is 1. The van der Waals surface area contributed by atoms with Crippen molar-refractivity contribution in [2.75, 3.05) is 5.32 Å². The minimum atomic E-state index is -0.217. The second-order valence-electron chi connectivity index (χ2n) is 7.44. The van der Waals surface area contributed by atoms with Crippen LogP contribution in [-0.2, 0) is 37.2 Å². The van der Waals surface area contributed by atoms with Gasteiger partial charge < -0.3 is 14.5 Å². The van der Waals surface area contributed by atoms with Crippen molar-refractivity contribution in [3.63, 3.8) is 0 Å². The average molecular weight is 424 g/mol. The normalized spacial score (nSPS) is 13.0. The summed E-state index contributed by atoms with van der Waals surface area (Å²) in [5, 5.41) is 7.13. The number of aromatic nitrogens is 2. The Morgan fingerprint density at radius 2 is 1.93 bits per heavy atom. The van der Waals surface area contributed by atoms with E-state index >= 15 is 0 Å². The molecule has 0 saturated heterocycles. The maximum atomic E-state index is 12.3. The predicted molar refractivity (Wildman–Crippen MR) is 117 cm³/mol. The Morgan fingerprint density at radius 1 is 1.17 bits per heavy atom. The second kappa shape index (κ2) is 9.26. The monoisotopic (exact) mass is 423 g/mol. The van der Waals surface area contributed by atoms with E-state index in [2.05, 4.69) is 29.5 Å². The van der Waals surface area contributed by atoms with E-state index in [-0.39, 0.29) is 23.9 Å². The van der Waals surface area contributed by atoms with Gasteiger partial charge >= 0.3 is 0 Å². The third kappa shape index (κ3) is 4.97. The number of anilines is 1. The summed E-state index contributed by atoms with van der Waals surface area (Å²) in [5.74, 6) is 0.920. The van der Waals surface area contributed by atoms with Crippen LogP contribution in [0, 0.1) is 4.84 Å². The second-order valence-corrected chi connectivity index (χ2v) is 7.79. The summed E-state index contributed by atoms with van der Waals surface area (Å²) < 4.78 is 12.7. The lowest BCUT2D eigenvalue weighted by atomic mass is 9.92. The Morgan fingerprint density at radius 3 is 2.70 bits per heavy atom. The summed E-state index contributed by atoms with van der Waals surface area (Å²) in [6, 6.07) is 14.0. The first-order valence-corrected chi connectivity index (χ1v) is 10.7. The number of carbonyl (C=O) groups is 1. The summed E-state index contributed by atoms with van der Waals surface area (Å²) >= 11 is 5.20. The molecule has 0 radical (unpaired) electrons. The van der Waals surface area contributed by atoms with Gasteiger partial charge in [-0.2, -0.15) is 0 Å². The summed E-state index contributed by atoms with van der Waals surface area (Å²) in [7, 11) is 0. The largest absolute Gasteiger partial charge is 0.484 e. The summed E-state index contributed by atoms with van der Waals surface area (Å²) in [6.45, 7) is 2.24. The van der Waals surface area contributed by atoms with Crippen LogP contribution < -0.4 is 10.1 Å². The summed E-state index contributed by atoms with van der Waals surface area (Å²) in [6.07, 6.45) is 5.67. The van der Waals surface area contributed by atoms with Crippen LogP contribution in [0.3, 0.4) is 0 Å². The molecule has 0 fully saturated rings. The highest BCUT2D eigenvalue weighted by molar-refractivity contribution is 7.71. The van der Waals surface area contributed by atoms with Crippen LogP contribution in [-0.4, -0.2) is 15.7 Å². The van der Waals surface area contributed by atoms with Crippen LogP contribution in [0.1, 0.15) is 42.3 Å². The van der Waals surface area contributed by atoms with E-state index in [1.165, 1.54) is 34.2 Å². The fourth-order valence-corrected chi connectivity index (χ4v) is 3.81. The highest BCUT2D eigenvalue weighted by Gasteiger charge is 2.13. The third-order valence-corrected chi connectivity index (χ3v) is 5.56. The Labute approximate surface area is 180 Å². The molecule has 4 rings (SSSR count). The van der Waals surface area contributed by atoms with Gasteiger partial charge in [0.1, 0.15) is 12.3 Å². The van der Waals surface area contributed by atoms with Crippen molar-refractivity contribution in [1.82, 2.24) is 9.78 Å². The van der Waals surface area contributed by atoms with E-state index in [1.54, 1.807) is 0 Å². The Hall–Kier alpha value is -2.93. The molecule has 0 bridgehead atoms. The number of aryl methyl sites for hydroxylation is 3. The van der Waals surface area contributed by atoms with E-state index in [0.29, 0.717) is 5.89 Å². The van der Waals surface area contributed by atoms with Crippen molar-refractivity contribution in [1.29, 1.82) is 0 Å². The molecule has 0 saturated carbocycles. The molecule has 1 aromatic heterocycles. The standard InChI is InChI=1S/C23H25N3O3S/c1-2-16-7-10-19(11-8-16)24-21(27)14-26-23(30)29-22(25-26)15-28-20-12-9-17-5-3-4-6-18(17)13-20/h7-13H,2-6,14-15H2,1H3,(H,24,27). The number of amides is 1. The van der Waals surface area contributed by atoms with Crippen LogP contribution in [0.25, 0.3) is 0 Å². The smallest absolute Gasteiger partial charge is 0.287 e. The van der Waals surface area contributed by atoms with Gasteiger partial charge in [0.25, 0.3) is 10.7 Å². The van der Waals surface area contributed by atoms with Crippen LogP contribution >= 0.6 is 12.2 Å². The van der Waals surface area contributed by atoms with Gasteiger partial charge in [-0.05, 0) is 85.3 Å². The molecule has 0 spiro atoms. The number of fused-ring (bicyclic) bond motifs is 1. The van der Waals surface area contributed by atoms with E-state index in [9.17, 15) is 4.79 Å². The van der Waals surface area contributed by atoms with Crippen molar-refractivity contribution in [3.05, 3.63) is 69.9 Å². The Bertz CT molecular complexity index is 1090. The first kappa shape index (κ1) is 20.3. The minimum absolute atomic E-state index is 0.0172. The molecule has 0 atom stereocenters. The molecular weight excluding hydrogens is 398 g/mol. The number of benzene rings is 2. The van der Waals surface area contributed by atoms with Crippen LogP contribution in [0.15, 0.2) is 46.9 Å².